The lowest BCUT2D eigenvalue weighted by Gasteiger charge is -2.10. The molecular weight excluding hydrogens is 321 g/mol. The summed E-state index contributed by atoms with van der Waals surface area (Å²) in [4.78, 5) is 11.7. The van der Waals surface area contributed by atoms with Crippen molar-refractivity contribution in [1.29, 1.82) is 0 Å². The molecule has 0 spiro atoms. The molecule has 3 rings (SSSR count). The molecule has 5 heteroatoms. The van der Waals surface area contributed by atoms with Crippen molar-refractivity contribution in [2.24, 2.45) is 0 Å². The van der Waals surface area contributed by atoms with E-state index in [0.29, 0.717) is 25.1 Å². The second-order valence-electron chi connectivity index (χ2n) is 5.97. The van der Waals surface area contributed by atoms with Crippen LogP contribution in [0.25, 0.3) is 11.0 Å². The van der Waals surface area contributed by atoms with Gasteiger partial charge in [-0.25, -0.2) is 9.18 Å². The van der Waals surface area contributed by atoms with Crippen molar-refractivity contribution in [1.82, 2.24) is 5.32 Å². The Morgan fingerprint density at radius 2 is 1.88 bits per heavy atom. The molecule has 0 amide bonds. The summed E-state index contributed by atoms with van der Waals surface area (Å²) in [5.41, 5.74) is 2.64. The van der Waals surface area contributed by atoms with E-state index in [4.69, 9.17) is 4.42 Å². The summed E-state index contributed by atoms with van der Waals surface area (Å²) < 4.78 is 18.1. The van der Waals surface area contributed by atoms with E-state index in [1.54, 1.807) is 12.1 Å². The first-order valence-electron chi connectivity index (χ1n) is 8.30. The Hall–Kier alpha value is -2.66. The average molecular weight is 341 g/mol. The molecule has 1 aromatic heterocycles. The Morgan fingerprint density at radius 1 is 1.12 bits per heavy atom. The summed E-state index contributed by atoms with van der Waals surface area (Å²) in [5, 5.41) is 14.1. The number of phenols is 1. The van der Waals surface area contributed by atoms with Crippen LogP contribution in [0.2, 0.25) is 0 Å². The number of rotatable bonds is 6. The van der Waals surface area contributed by atoms with E-state index in [1.165, 1.54) is 24.3 Å². The lowest BCUT2D eigenvalue weighted by atomic mass is 10.0. The molecule has 25 heavy (non-hydrogen) atoms. The van der Waals surface area contributed by atoms with Crippen LogP contribution in [0.1, 0.15) is 23.6 Å². The molecule has 4 nitrogen and oxygen atoms in total. The number of nitrogens with one attached hydrogen (secondary N) is 1. The molecule has 0 saturated heterocycles. The second kappa shape index (κ2) is 7.49. The molecule has 0 radical (unpaired) electrons. The third-order valence-electron chi connectivity index (χ3n) is 4.23. The highest BCUT2D eigenvalue weighted by atomic mass is 19.1. The lowest BCUT2D eigenvalue weighted by molar-refractivity contribution is 0.466. The van der Waals surface area contributed by atoms with Gasteiger partial charge in [-0.15, -0.1) is 0 Å². The summed E-state index contributed by atoms with van der Waals surface area (Å²) in [6, 6.07) is 11.3. The third-order valence-corrected chi connectivity index (χ3v) is 4.23. The van der Waals surface area contributed by atoms with Crippen molar-refractivity contribution in [2.45, 2.75) is 26.3 Å². The smallest absolute Gasteiger partial charge is 0.336 e. The van der Waals surface area contributed by atoms with Gasteiger partial charge in [-0.3, -0.25) is 0 Å². The summed E-state index contributed by atoms with van der Waals surface area (Å²) in [7, 11) is 0. The van der Waals surface area contributed by atoms with Gasteiger partial charge in [0.25, 0.3) is 0 Å². The van der Waals surface area contributed by atoms with Gasteiger partial charge in [0, 0.05) is 24.1 Å². The molecule has 0 atom stereocenters. The van der Waals surface area contributed by atoms with Crippen molar-refractivity contribution in [3.05, 3.63) is 75.4 Å². The summed E-state index contributed by atoms with van der Waals surface area (Å²) in [6.45, 7) is 3.17. The zero-order valence-electron chi connectivity index (χ0n) is 14.0. The zero-order chi connectivity index (χ0) is 17.8. The first-order chi connectivity index (χ1) is 12.1. The summed E-state index contributed by atoms with van der Waals surface area (Å²) in [5.74, 6) is -0.103. The highest BCUT2D eigenvalue weighted by molar-refractivity contribution is 5.82. The molecule has 0 saturated carbocycles. The van der Waals surface area contributed by atoms with Gasteiger partial charge in [-0.05, 0) is 54.3 Å². The van der Waals surface area contributed by atoms with Crippen molar-refractivity contribution in [3.63, 3.8) is 0 Å². The van der Waals surface area contributed by atoms with E-state index in [9.17, 15) is 14.3 Å². The molecule has 130 valence electrons. The minimum Gasteiger partial charge on any atom is -0.508 e. The number of benzene rings is 2. The van der Waals surface area contributed by atoms with Crippen LogP contribution in [0, 0.1) is 5.82 Å². The van der Waals surface area contributed by atoms with Gasteiger partial charge in [0.15, 0.2) is 0 Å². The fourth-order valence-corrected chi connectivity index (χ4v) is 2.84. The normalized spacial score (nSPS) is 11.1. The molecule has 3 aromatic rings. The Bertz CT molecular complexity index is 932. The molecule has 2 aromatic carbocycles. The Balaban J connectivity index is 1.74. The van der Waals surface area contributed by atoms with E-state index >= 15 is 0 Å². The van der Waals surface area contributed by atoms with Gasteiger partial charge < -0.3 is 14.8 Å². The van der Waals surface area contributed by atoms with Crippen LogP contribution in [0.4, 0.5) is 4.39 Å². The maximum absolute atomic E-state index is 12.9. The summed E-state index contributed by atoms with van der Waals surface area (Å²) >= 11 is 0. The number of phenolic OH excluding ortho intramolecular Hbond substituents is 1. The Morgan fingerprint density at radius 3 is 2.60 bits per heavy atom. The number of halogens is 1. The van der Waals surface area contributed by atoms with E-state index in [2.05, 4.69) is 5.32 Å². The first kappa shape index (κ1) is 17.2. The molecule has 0 fully saturated rings. The second-order valence-corrected chi connectivity index (χ2v) is 5.97. The van der Waals surface area contributed by atoms with Crippen molar-refractivity contribution < 1.29 is 13.9 Å². The van der Waals surface area contributed by atoms with Gasteiger partial charge in [0.05, 0.1) is 0 Å². The molecule has 0 unspecified atom stereocenters. The highest BCUT2D eigenvalue weighted by Gasteiger charge is 2.09. The van der Waals surface area contributed by atoms with Crippen molar-refractivity contribution in [3.8, 4) is 5.75 Å². The fraction of sp³-hybridized carbons (Fsp3) is 0.250. The molecule has 0 bridgehead atoms. The SMILES string of the molecule is CCc1cc2c(CNCCc3ccc(F)cc3)cc(=O)oc2cc1O. The lowest BCUT2D eigenvalue weighted by Crippen LogP contribution is -2.18. The van der Waals surface area contributed by atoms with E-state index in [1.807, 2.05) is 13.0 Å². The standard InChI is InChI=1S/C20H20FNO3/c1-2-14-9-17-15(10-20(24)25-19(17)11-18(14)23)12-22-8-7-13-3-5-16(21)6-4-13/h3-6,9-11,22-23H,2,7-8,12H2,1H3. The maximum Gasteiger partial charge on any atom is 0.336 e. The minimum atomic E-state index is -0.438. The molecule has 0 aliphatic heterocycles. The monoisotopic (exact) mass is 341 g/mol. The van der Waals surface area contributed by atoms with Crippen LogP contribution in [-0.2, 0) is 19.4 Å². The summed E-state index contributed by atoms with van der Waals surface area (Å²) in [6.07, 6.45) is 1.46. The highest BCUT2D eigenvalue weighted by Crippen LogP contribution is 2.26. The van der Waals surface area contributed by atoms with Crippen LogP contribution in [-0.4, -0.2) is 11.7 Å². The van der Waals surface area contributed by atoms with Crippen LogP contribution >= 0.6 is 0 Å². The van der Waals surface area contributed by atoms with Gasteiger partial charge in [-0.1, -0.05) is 19.1 Å². The Kier molecular flexibility index (Phi) is 5.14. The van der Waals surface area contributed by atoms with Crippen LogP contribution in [0.3, 0.4) is 0 Å². The number of hydrogen-bond acceptors (Lipinski definition) is 4. The van der Waals surface area contributed by atoms with Gasteiger partial charge in [0.1, 0.15) is 17.1 Å². The number of hydrogen-bond donors (Lipinski definition) is 2. The van der Waals surface area contributed by atoms with E-state index < -0.39 is 5.63 Å². The molecule has 0 aliphatic rings. The number of fused-ring (bicyclic) bond motifs is 1. The van der Waals surface area contributed by atoms with Gasteiger partial charge in [-0.2, -0.15) is 0 Å². The van der Waals surface area contributed by atoms with Gasteiger partial charge in [0.2, 0.25) is 0 Å². The van der Waals surface area contributed by atoms with Crippen LogP contribution in [0.15, 0.2) is 51.7 Å². The predicted octanol–water partition coefficient (Wildman–Crippen LogP) is 3.53. The predicted molar refractivity (Wildman–Crippen MR) is 95.3 cm³/mol. The fourth-order valence-electron chi connectivity index (χ4n) is 2.84. The number of aromatic hydroxyl groups is 1. The quantitative estimate of drug-likeness (QED) is 0.532. The van der Waals surface area contributed by atoms with Crippen LogP contribution < -0.4 is 10.9 Å². The molecule has 0 aliphatic carbocycles. The minimum absolute atomic E-state index is 0.138. The van der Waals surface area contributed by atoms with E-state index in [0.717, 1.165) is 28.5 Å². The van der Waals surface area contributed by atoms with Crippen molar-refractivity contribution >= 4 is 11.0 Å². The maximum atomic E-state index is 12.9. The van der Waals surface area contributed by atoms with E-state index in [-0.39, 0.29) is 11.6 Å². The average Bonchev–Trinajstić information content (AvgIpc) is 2.59. The third kappa shape index (κ3) is 4.06. The van der Waals surface area contributed by atoms with Crippen molar-refractivity contribution in [2.75, 3.05) is 6.54 Å². The Labute approximate surface area is 144 Å². The number of aryl methyl sites for hydroxylation is 1. The van der Waals surface area contributed by atoms with Crippen LogP contribution in [0.5, 0.6) is 5.75 Å². The topological polar surface area (TPSA) is 62.5 Å². The molecule has 2 N–H and O–H groups in total. The zero-order valence-corrected chi connectivity index (χ0v) is 14.0. The molecule has 1 heterocycles. The largest absolute Gasteiger partial charge is 0.508 e. The van der Waals surface area contributed by atoms with Gasteiger partial charge >= 0.3 is 5.63 Å². The first-order valence-corrected chi connectivity index (χ1v) is 8.30. The molecular formula is C20H20FNO3.